The number of nitrogens with two attached hydrogens (primary N) is 1. The molecule has 0 aromatic rings. The van der Waals surface area contributed by atoms with Crippen molar-refractivity contribution in [3.05, 3.63) is 0 Å². The van der Waals surface area contributed by atoms with Crippen LogP contribution in [0.1, 0.15) is 155 Å². The third-order valence-electron chi connectivity index (χ3n) is 7.18. The van der Waals surface area contributed by atoms with Crippen LogP contribution < -0.4 is 21.7 Å². The maximum absolute atomic E-state index is 12.6. The van der Waals surface area contributed by atoms with E-state index in [1.807, 2.05) is 0 Å². The first-order valence-electron chi connectivity index (χ1n) is 16.1. The SMILES string of the molecule is CCCCCCCCCCCCNC(=O)CCC(NC(=O)CN)C(=O)NCCCCCCCCCCCC. The van der Waals surface area contributed by atoms with Gasteiger partial charge in [-0.05, 0) is 19.3 Å². The minimum atomic E-state index is -0.725. The Kier molecular flexibility index (Phi) is 27.2. The summed E-state index contributed by atoms with van der Waals surface area (Å²) in [5.74, 6) is -0.685. The van der Waals surface area contributed by atoms with Gasteiger partial charge in [-0.1, -0.05) is 129 Å². The number of unbranched alkanes of at least 4 members (excludes halogenated alkanes) is 18. The van der Waals surface area contributed by atoms with Crippen molar-refractivity contribution in [2.24, 2.45) is 5.73 Å². The molecule has 3 amide bonds. The third-order valence-corrected chi connectivity index (χ3v) is 7.18. The lowest BCUT2D eigenvalue weighted by molar-refractivity contribution is -0.129. The zero-order valence-electron chi connectivity index (χ0n) is 25.1. The fourth-order valence-electron chi connectivity index (χ4n) is 4.67. The van der Waals surface area contributed by atoms with E-state index >= 15 is 0 Å². The van der Waals surface area contributed by atoms with Crippen molar-refractivity contribution in [1.82, 2.24) is 16.0 Å². The van der Waals surface area contributed by atoms with Gasteiger partial charge < -0.3 is 21.7 Å². The van der Waals surface area contributed by atoms with Gasteiger partial charge in [-0.15, -0.1) is 0 Å². The summed E-state index contributed by atoms with van der Waals surface area (Å²) in [5.41, 5.74) is 5.42. The molecule has 7 heteroatoms. The van der Waals surface area contributed by atoms with E-state index in [0.717, 1.165) is 25.7 Å². The van der Waals surface area contributed by atoms with Gasteiger partial charge in [-0.25, -0.2) is 0 Å². The molecular weight excluding hydrogens is 476 g/mol. The lowest BCUT2D eigenvalue weighted by Crippen LogP contribution is -2.49. The molecule has 224 valence electrons. The minimum absolute atomic E-state index is 0.0737. The fourth-order valence-corrected chi connectivity index (χ4v) is 4.67. The number of rotatable bonds is 28. The molecular formula is C31H62N4O3. The van der Waals surface area contributed by atoms with E-state index in [0.29, 0.717) is 13.1 Å². The second kappa shape index (κ2) is 28.4. The van der Waals surface area contributed by atoms with Crippen LogP contribution in [-0.4, -0.2) is 43.4 Å². The van der Waals surface area contributed by atoms with E-state index in [1.54, 1.807) is 0 Å². The van der Waals surface area contributed by atoms with Gasteiger partial charge in [0.1, 0.15) is 6.04 Å². The predicted molar refractivity (Wildman–Crippen MR) is 160 cm³/mol. The van der Waals surface area contributed by atoms with Crippen molar-refractivity contribution in [2.45, 2.75) is 161 Å². The molecule has 0 aromatic carbocycles. The number of nitrogens with one attached hydrogen (secondary N) is 3. The Labute approximate surface area is 234 Å². The Hall–Kier alpha value is -1.63. The van der Waals surface area contributed by atoms with E-state index in [2.05, 4.69) is 29.8 Å². The van der Waals surface area contributed by atoms with Crippen molar-refractivity contribution >= 4 is 17.7 Å². The maximum atomic E-state index is 12.6. The van der Waals surface area contributed by atoms with Crippen LogP contribution in [0.3, 0.4) is 0 Å². The third kappa shape index (κ3) is 24.7. The number of amides is 3. The lowest BCUT2D eigenvalue weighted by Gasteiger charge is -2.18. The molecule has 0 bridgehead atoms. The van der Waals surface area contributed by atoms with Crippen molar-refractivity contribution in [3.63, 3.8) is 0 Å². The van der Waals surface area contributed by atoms with Crippen LogP contribution in [0.25, 0.3) is 0 Å². The molecule has 0 heterocycles. The Morgan fingerprint density at radius 2 is 0.947 bits per heavy atom. The number of hydrogen-bond donors (Lipinski definition) is 4. The molecule has 1 unspecified atom stereocenters. The highest BCUT2D eigenvalue weighted by Crippen LogP contribution is 2.11. The average molecular weight is 539 g/mol. The van der Waals surface area contributed by atoms with Crippen molar-refractivity contribution in [3.8, 4) is 0 Å². The molecule has 0 saturated heterocycles. The van der Waals surface area contributed by atoms with Gasteiger partial charge in [0.05, 0.1) is 6.54 Å². The van der Waals surface area contributed by atoms with Crippen LogP contribution in [0, 0.1) is 0 Å². The van der Waals surface area contributed by atoms with Gasteiger partial charge in [0.2, 0.25) is 17.7 Å². The van der Waals surface area contributed by atoms with Crippen LogP contribution in [0.15, 0.2) is 0 Å². The molecule has 0 aliphatic heterocycles. The second-order valence-electron chi connectivity index (χ2n) is 10.9. The van der Waals surface area contributed by atoms with Crippen LogP contribution in [0.2, 0.25) is 0 Å². The van der Waals surface area contributed by atoms with Gasteiger partial charge in [-0.2, -0.15) is 0 Å². The molecule has 7 nitrogen and oxygen atoms in total. The molecule has 1 atom stereocenters. The summed E-state index contributed by atoms with van der Waals surface area (Å²) in [6.45, 7) is 5.57. The van der Waals surface area contributed by atoms with E-state index < -0.39 is 6.04 Å². The van der Waals surface area contributed by atoms with Crippen LogP contribution in [0.4, 0.5) is 0 Å². The van der Waals surface area contributed by atoms with Gasteiger partial charge in [0.25, 0.3) is 0 Å². The van der Waals surface area contributed by atoms with Crippen molar-refractivity contribution in [2.75, 3.05) is 19.6 Å². The van der Waals surface area contributed by atoms with E-state index in [-0.39, 0.29) is 37.1 Å². The summed E-state index contributed by atoms with van der Waals surface area (Å²) >= 11 is 0. The van der Waals surface area contributed by atoms with Crippen LogP contribution in [0.5, 0.6) is 0 Å². The van der Waals surface area contributed by atoms with Crippen LogP contribution >= 0.6 is 0 Å². The molecule has 0 radical (unpaired) electrons. The molecule has 0 rings (SSSR count). The first-order chi connectivity index (χ1) is 18.5. The smallest absolute Gasteiger partial charge is 0.242 e. The van der Waals surface area contributed by atoms with E-state index in [9.17, 15) is 14.4 Å². The van der Waals surface area contributed by atoms with Crippen molar-refractivity contribution in [1.29, 1.82) is 0 Å². The molecule has 0 aromatic heterocycles. The number of carbonyl (C=O) groups excluding carboxylic acids is 3. The summed E-state index contributed by atoms with van der Waals surface area (Å²) in [7, 11) is 0. The summed E-state index contributed by atoms with van der Waals surface area (Å²) in [6, 6.07) is -0.725. The first kappa shape index (κ1) is 36.4. The van der Waals surface area contributed by atoms with Crippen LogP contribution in [-0.2, 0) is 14.4 Å². The lowest BCUT2D eigenvalue weighted by atomic mass is 10.1. The van der Waals surface area contributed by atoms with Crippen molar-refractivity contribution < 1.29 is 14.4 Å². The maximum Gasteiger partial charge on any atom is 0.242 e. The molecule has 0 spiro atoms. The number of carbonyl (C=O) groups is 3. The molecule has 0 fully saturated rings. The van der Waals surface area contributed by atoms with E-state index in [1.165, 1.54) is 103 Å². The summed E-state index contributed by atoms with van der Waals surface area (Å²) in [5, 5.41) is 8.55. The highest BCUT2D eigenvalue weighted by atomic mass is 16.2. The Morgan fingerprint density at radius 1 is 0.553 bits per heavy atom. The molecule has 5 N–H and O–H groups in total. The van der Waals surface area contributed by atoms with Gasteiger partial charge in [-0.3, -0.25) is 14.4 Å². The Bertz CT molecular complexity index is 571. The Balaban J connectivity index is 3.94. The molecule has 38 heavy (non-hydrogen) atoms. The topological polar surface area (TPSA) is 113 Å². The highest BCUT2D eigenvalue weighted by Gasteiger charge is 2.21. The normalized spacial score (nSPS) is 11.8. The predicted octanol–water partition coefficient (Wildman–Crippen LogP) is 6.28. The average Bonchev–Trinajstić information content (AvgIpc) is 2.92. The van der Waals surface area contributed by atoms with Gasteiger partial charge in [0.15, 0.2) is 0 Å². The quantitative estimate of drug-likeness (QED) is 0.0877. The summed E-state index contributed by atoms with van der Waals surface area (Å²) in [4.78, 5) is 36.7. The second-order valence-corrected chi connectivity index (χ2v) is 10.9. The minimum Gasteiger partial charge on any atom is -0.356 e. The summed E-state index contributed by atoms with van der Waals surface area (Å²) in [6.07, 6.45) is 25.5. The monoisotopic (exact) mass is 538 g/mol. The fraction of sp³-hybridized carbons (Fsp3) is 0.903. The van der Waals surface area contributed by atoms with Gasteiger partial charge >= 0.3 is 0 Å². The summed E-state index contributed by atoms with van der Waals surface area (Å²) < 4.78 is 0. The first-order valence-corrected chi connectivity index (χ1v) is 16.1. The highest BCUT2D eigenvalue weighted by molar-refractivity contribution is 5.88. The zero-order valence-corrected chi connectivity index (χ0v) is 25.1. The molecule has 0 aliphatic carbocycles. The largest absolute Gasteiger partial charge is 0.356 e. The molecule has 0 saturated carbocycles. The Morgan fingerprint density at radius 3 is 1.37 bits per heavy atom. The van der Waals surface area contributed by atoms with Gasteiger partial charge in [0, 0.05) is 19.5 Å². The number of hydrogen-bond acceptors (Lipinski definition) is 4. The molecule has 0 aliphatic rings. The standard InChI is InChI=1S/C31H62N4O3/c1-3-5-7-9-11-13-15-17-19-21-25-33-29(36)24-23-28(35-30(37)27-32)31(38)34-26-22-20-18-16-14-12-10-8-6-4-2/h28H,3-27,32H2,1-2H3,(H,33,36)(H,34,38)(H,35,37). The van der Waals surface area contributed by atoms with E-state index in [4.69, 9.17) is 5.73 Å². The zero-order chi connectivity index (χ0) is 28.1.